The number of benzene rings is 1. The van der Waals surface area contributed by atoms with Gasteiger partial charge in [0.1, 0.15) is 11.3 Å². The predicted octanol–water partition coefficient (Wildman–Crippen LogP) is 2.46. The fraction of sp³-hybridized carbons (Fsp3) is 0.400. The average molecular weight is 260 g/mol. The van der Waals surface area contributed by atoms with Gasteiger partial charge in [-0.15, -0.1) is 6.58 Å². The topological polar surface area (TPSA) is 55.6 Å². The third kappa shape index (κ3) is 2.89. The van der Waals surface area contributed by atoms with E-state index in [1.807, 2.05) is 11.8 Å². The molecule has 0 spiro atoms. The molecule has 2 rings (SSSR count). The lowest BCUT2D eigenvalue weighted by Crippen LogP contribution is -2.34. The molecule has 4 nitrogen and oxygen atoms in total. The summed E-state index contributed by atoms with van der Waals surface area (Å²) >= 11 is 0. The normalized spacial score (nSPS) is 13.9. The third-order valence-electron chi connectivity index (χ3n) is 3.15. The van der Waals surface area contributed by atoms with Gasteiger partial charge in [0.15, 0.2) is 0 Å². The van der Waals surface area contributed by atoms with Gasteiger partial charge < -0.3 is 15.4 Å². The Labute approximate surface area is 113 Å². The zero-order chi connectivity index (χ0) is 13.8. The van der Waals surface area contributed by atoms with Crippen molar-refractivity contribution in [1.29, 1.82) is 0 Å². The highest BCUT2D eigenvalue weighted by Gasteiger charge is 2.34. The third-order valence-corrected chi connectivity index (χ3v) is 3.15. The molecule has 0 unspecified atom stereocenters. The molecule has 0 saturated heterocycles. The molecule has 2 N–H and O–H groups in total. The van der Waals surface area contributed by atoms with Crippen LogP contribution in [0.25, 0.3) is 0 Å². The van der Waals surface area contributed by atoms with E-state index in [1.165, 1.54) is 0 Å². The summed E-state index contributed by atoms with van der Waals surface area (Å²) in [5, 5.41) is 0. The number of anilines is 1. The molecule has 0 heterocycles. The number of amides is 1. The molecule has 1 saturated carbocycles. The second-order valence-electron chi connectivity index (χ2n) is 4.63. The molecule has 1 aromatic carbocycles. The van der Waals surface area contributed by atoms with Gasteiger partial charge in [-0.05, 0) is 31.9 Å². The van der Waals surface area contributed by atoms with Crippen LogP contribution in [0.3, 0.4) is 0 Å². The van der Waals surface area contributed by atoms with Gasteiger partial charge in [-0.1, -0.05) is 12.1 Å². The maximum absolute atomic E-state index is 12.7. The van der Waals surface area contributed by atoms with Crippen molar-refractivity contribution in [2.75, 3.05) is 18.9 Å². The van der Waals surface area contributed by atoms with E-state index in [4.69, 9.17) is 10.5 Å². The van der Waals surface area contributed by atoms with Gasteiger partial charge in [-0.2, -0.15) is 0 Å². The maximum atomic E-state index is 12.7. The number of carbonyl (C=O) groups is 1. The van der Waals surface area contributed by atoms with Gasteiger partial charge in [0.2, 0.25) is 0 Å². The number of ether oxygens (including phenoxy) is 1. The van der Waals surface area contributed by atoms with Crippen LogP contribution in [0.1, 0.15) is 30.1 Å². The first-order chi connectivity index (χ1) is 9.19. The van der Waals surface area contributed by atoms with Crippen molar-refractivity contribution in [3.05, 3.63) is 36.4 Å². The molecule has 1 aliphatic rings. The smallest absolute Gasteiger partial charge is 0.260 e. The van der Waals surface area contributed by atoms with Gasteiger partial charge in [0, 0.05) is 18.3 Å². The Morgan fingerprint density at radius 3 is 2.89 bits per heavy atom. The Bertz CT molecular complexity index is 481. The van der Waals surface area contributed by atoms with Crippen LogP contribution in [0, 0.1) is 0 Å². The van der Waals surface area contributed by atoms with Crippen LogP contribution in [0.15, 0.2) is 30.9 Å². The predicted molar refractivity (Wildman–Crippen MR) is 76.3 cm³/mol. The van der Waals surface area contributed by atoms with Crippen molar-refractivity contribution in [2.24, 2.45) is 0 Å². The maximum Gasteiger partial charge on any atom is 0.260 e. The number of hydrogen-bond donors (Lipinski definition) is 1. The number of hydrogen-bond acceptors (Lipinski definition) is 3. The first-order valence-electron chi connectivity index (χ1n) is 6.62. The second kappa shape index (κ2) is 5.78. The van der Waals surface area contributed by atoms with Crippen molar-refractivity contribution in [3.63, 3.8) is 0 Å². The van der Waals surface area contributed by atoms with Gasteiger partial charge in [-0.25, -0.2) is 0 Å². The summed E-state index contributed by atoms with van der Waals surface area (Å²) in [6, 6.07) is 5.63. The summed E-state index contributed by atoms with van der Waals surface area (Å²) in [7, 11) is 0. The van der Waals surface area contributed by atoms with E-state index in [2.05, 4.69) is 6.58 Å². The molecule has 1 aliphatic carbocycles. The Hall–Kier alpha value is -1.97. The molecule has 1 fully saturated rings. The minimum absolute atomic E-state index is 0.0658. The monoisotopic (exact) mass is 260 g/mol. The number of nitrogens with zero attached hydrogens (tertiary/aromatic N) is 1. The lowest BCUT2D eigenvalue weighted by molar-refractivity contribution is 0.0759. The summed E-state index contributed by atoms with van der Waals surface area (Å²) in [6.07, 6.45) is 3.85. The standard InChI is InChI=1S/C15H20N2O2/c1-3-10-17(11-8-9-11)15(18)14-12(16)6-5-7-13(14)19-4-2/h3,5-7,11H,1,4,8-10,16H2,2H3. The molecule has 0 aliphatic heterocycles. The Morgan fingerprint density at radius 1 is 1.58 bits per heavy atom. The summed E-state index contributed by atoms with van der Waals surface area (Å²) in [5.74, 6) is 0.492. The van der Waals surface area contributed by atoms with Crippen LogP contribution in [-0.4, -0.2) is 30.0 Å². The largest absolute Gasteiger partial charge is 0.493 e. The lowest BCUT2D eigenvalue weighted by Gasteiger charge is -2.23. The SMILES string of the molecule is C=CCN(C(=O)c1c(N)cccc1OCC)C1CC1. The molecule has 0 atom stereocenters. The van der Waals surface area contributed by atoms with Gasteiger partial charge in [0.25, 0.3) is 5.91 Å². The summed E-state index contributed by atoms with van der Waals surface area (Å²) in [4.78, 5) is 14.5. The average Bonchev–Trinajstić information content (AvgIpc) is 3.20. The van der Waals surface area contributed by atoms with Crippen molar-refractivity contribution >= 4 is 11.6 Å². The van der Waals surface area contributed by atoms with E-state index in [1.54, 1.807) is 24.3 Å². The molecule has 0 aromatic heterocycles. The lowest BCUT2D eigenvalue weighted by atomic mass is 10.1. The molecule has 4 heteroatoms. The van der Waals surface area contributed by atoms with Crippen molar-refractivity contribution in [3.8, 4) is 5.75 Å². The molecule has 0 bridgehead atoms. The van der Waals surface area contributed by atoms with E-state index in [0.29, 0.717) is 36.2 Å². The zero-order valence-electron chi connectivity index (χ0n) is 11.3. The van der Waals surface area contributed by atoms with Crippen LogP contribution in [-0.2, 0) is 0 Å². The summed E-state index contributed by atoms with van der Waals surface area (Å²) in [5.41, 5.74) is 6.89. The molecule has 1 amide bonds. The number of rotatable bonds is 6. The second-order valence-corrected chi connectivity index (χ2v) is 4.63. The fourth-order valence-corrected chi connectivity index (χ4v) is 2.12. The van der Waals surface area contributed by atoms with Gasteiger partial charge >= 0.3 is 0 Å². The van der Waals surface area contributed by atoms with Gasteiger partial charge in [-0.3, -0.25) is 4.79 Å². The van der Waals surface area contributed by atoms with E-state index in [0.717, 1.165) is 12.8 Å². The Morgan fingerprint density at radius 2 is 2.32 bits per heavy atom. The van der Waals surface area contributed by atoms with Crippen molar-refractivity contribution < 1.29 is 9.53 Å². The van der Waals surface area contributed by atoms with Crippen LogP contribution in [0.2, 0.25) is 0 Å². The molecular formula is C15H20N2O2. The summed E-state index contributed by atoms with van der Waals surface area (Å²) < 4.78 is 5.51. The minimum atomic E-state index is -0.0658. The fourth-order valence-electron chi connectivity index (χ4n) is 2.12. The van der Waals surface area contributed by atoms with E-state index >= 15 is 0 Å². The van der Waals surface area contributed by atoms with Gasteiger partial charge in [0.05, 0.1) is 6.61 Å². The van der Waals surface area contributed by atoms with Crippen molar-refractivity contribution in [2.45, 2.75) is 25.8 Å². The highest BCUT2D eigenvalue weighted by Crippen LogP contribution is 2.32. The zero-order valence-corrected chi connectivity index (χ0v) is 11.3. The van der Waals surface area contributed by atoms with Crippen LogP contribution >= 0.6 is 0 Å². The number of carbonyl (C=O) groups excluding carboxylic acids is 1. The minimum Gasteiger partial charge on any atom is -0.493 e. The summed E-state index contributed by atoms with van der Waals surface area (Å²) in [6.45, 7) is 6.65. The van der Waals surface area contributed by atoms with Crippen LogP contribution in [0.5, 0.6) is 5.75 Å². The van der Waals surface area contributed by atoms with E-state index < -0.39 is 0 Å². The molecular weight excluding hydrogens is 240 g/mol. The first-order valence-corrected chi connectivity index (χ1v) is 6.62. The Balaban J connectivity index is 2.33. The molecule has 102 valence electrons. The van der Waals surface area contributed by atoms with Crippen LogP contribution < -0.4 is 10.5 Å². The van der Waals surface area contributed by atoms with Crippen molar-refractivity contribution in [1.82, 2.24) is 4.90 Å². The number of nitrogen functional groups attached to an aromatic ring is 1. The molecule has 1 aromatic rings. The molecule has 0 radical (unpaired) electrons. The van der Waals surface area contributed by atoms with Crippen LogP contribution in [0.4, 0.5) is 5.69 Å². The quantitative estimate of drug-likeness (QED) is 0.631. The Kier molecular flexibility index (Phi) is 4.10. The first kappa shape index (κ1) is 13.5. The number of nitrogens with two attached hydrogens (primary N) is 1. The highest BCUT2D eigenvalue weighted by molar-refractivity contribution is 6.02. The van der Waals surface area contributed by atoms with E-state index in [-0.39, 0.29) is 5.91 Å². The van der Waals surface area contributed by atoms with E-state index in [9.17, 15) is 4.79 Å². The molecule has 19 heavy (non-hydrogen) atoms. The highest BCUT2D eigenvalue weighted by atomic mass is 16.5.